The first kappa shape index (κ1) is 10.6. The van der Waals surface area contributed by atoms with Gasteiger partial charge in [-0.3, -0.25) is 14.6 Å². The Labute approximate surface area is 83.2 Å². The lowest BCUT2D eigenvalue weighted by Crippen LogP contribution is -2.09. The summed E-state index contributed by atoms with van der Waals surface area (Å²) >= 11 is 0. The van der Waals surface area contributed by atoms with E-state index in [4.69, 9.17) is 0 Å². The zero-order valence-electron chi connectivity index (χ0n) is 8.57. The maximum atomic E-state index is 11.6. The molecule has 0 aliphatic rings. The molecule has 14 heavy (non-hydrogen) atoms. The highest BCUT2D eigenvalue weighted by molar-refractivity contribution is 6.00. The summed E-state index contributed by atoms with van der Waals surface area (Å²) < 4.78 is 0. The molecule has 1 aromatic heterocycles. The number of rotatable bonds is 3. The Morgan fingerprint density at radius 3 is 2.29 bits per heavy atom. The van der Waals surface area contributed by atoms with Crippen LogP contribution in [0.2, 0.25) is 0 Å². The van der Waals surface area contributed by atoms with Gasteiger partial charge in [-0.2, -0.15) is 0 Å². The summed E-state index contributed by atoms with van der Waals surface area (Å²) in [4.78, 5) is 26.5. The summed E-state index contributed by atoms with van der Waals surface area (Å²) in [6.45, 7) is 5.10. The third kappa shape index (κ3) is 2.25. The van der Waals surface area contributed by atoms with Gasteiger partial charge in [-0.05, 0) is 13.0 Å². The Bertz CT molecular complexity index is 369. The van der Waals surface area contributed by atoms with E-state index in [0.29, 0.717) is 11.1 Å². The van der Waals surface area contributed by atoms with Crippen LogP contribution >= 0.6 is 0 Å². The molecule has 1 aromatic rings. The molecule has 0 saturated carbocycles. The van der Waals surface area contributed by atoms with Gasteiger partial charge in [0, 0.05) is 29.4 Å². The Balaban J connectivity index is 3.06. The highest BCUT2D eigenvalue weighted by Crippen LogP contribution is 2.09. The average molecular weight is 191 g/mol. The summed E-state index contributed by atoms with van der Waals surface area (Å²) in [5, 5.41) is 0. The zero-order valence-corrected chi connectivity index (χ0v) is 8.57. The molecule has 0 spiro atoms. The fourth-order valence-corrected chi connectivity index (χ4v) is 1.10. The molecule has 3 heteroatoms. The molecular weight excluding hydrogens is 178 g/mol. The Morgan fingerprint density at radius 1 is 1.21 bits per heavy atom. The van der Waals surface area contributed by atoms with Crippen molar-refractivity contribution < 1.29 is 9.59 Å². The Kier molecular flexibility index (Phi) is 3.12. The molecule has 0 unspecified atom stereocenters. The molecule has 0 radical (unpaired) electrons. The molecule has 3 nitrogen and oxygen atoms in total. The fraction of sp³-hybridized carbons (Fsp3) is 0.364. The highest BCUT2D eigenvalue weighted by Gasteiger charge is 2.12. The van der Waals surface area contributed by atoms with Crippen molar-refractivity contribution >= 4 is 11.6 Å². The largest absolute Gasteiger partial charge is 0.294 e. The second kappa shape index (κ2) is 4.13. The van der Waals surface area contributed by atoms with Crippen LogP contribution in [0.1, 0.15) is 41.5 Å². The van der Waals surface area contributed by atoms with E-state index in [1.165, 1.54) is 19.3 Å². The summed E-state index contributed by atoms with van der Waals surface area (Å²) in [6, 6.07) is 1.59. The molecule has 0 bridgehead atoms. The molecule has 0 aliphatic heterocycles. The number of nitrogens with zero attached hydrogens (tertiary/aromatic N) is 1. The van der Waals surface area contributed by atoms with Gasteiger partial charge in [-0.15, -0.1) is 0 Å². The summed E-state index contributed by atoms with van der Waals surface area (Å²) in [7, 11) is 0. The molecule has 74 valence electrons. The second-order valence-corrected chi connectivity index (χ2v) is 3.54. The summed E-state index contributed by atoms with van der Waals surface area (Å²) in [5.74, 6) is -0.129. The van der Waals surface area contributed by atoms with E-state index in [2.05, 4.69) is 4.98 Å². The lowest BCUT2D eigenvalue weighted by molar-refractivity contribution is 0.0939. The standard InChI is InChI=1S/C11H13NO2/c1-7(2)11(14)10-4-9(8(3)13)5-12-6-10/h4-7H,1-3H3. The van der Waals surface area contributed by atoms with E-state index >= 15 is 0 Å². The molecule has 1 rings (SSSR count). The number of aromatic nitrogens is 1. The van der Waals surface area contributed by atoms with Gasteiger partial charge in [0.1, 0.15) is 0 Å². The van der Waals surface area contributed by atoms with Gasteiger partial charge in [-0.25, -0.2) is 0 Å². The Morgan fingerprint density at radius 2 is 1.79 bits per heavy atom. The van der Waals surface area contributed by atoms with Crippen molar-refractivity contribution in [2.75, 3.05) is 0 Å². The van der Waals surface area contributed by atoms with Crippen molar-refractivity contribution in [2.45, 2.75) is 20.8 Å². The third-order valence-corrected chi connectivity index (χ3v) is 1.95. The van der Waals surface area contributed by atoms with Crippen molar-refractivity contribution in [1.29, 1.82) is 0 Å². The van der Waals surface area contributed by atoms with Crippen LogP contribution in [0.5, 0.6) is 0 Å². The van der Waals surface area contributed by atoms with Crippen LogP contribution in [-0.4, -0.2) is 16.6 Å². The number of carbonyl (C=O) groups excluding carboxylic acids is 2. The topological polar surface area (TPSA) is 47.0 Å². The minimum atomic E-state index is -0.0732. The van der Waals surface area contributed by atoms with Crippen LogP contribution in [0.15, 0.2) is 18.5 Å². The highest BCUT2D eigenvalue weighted by atomic mass is 16.1. The lowest BCUT2D eigenvalue weighted by Gasteiger charge is -2.04. The molecule has 0 atom stereocenters. The maximum absolute atomic E-state index is 11.6. The minimum Gasteiger partial charge on any atom is -0.294 e. The number of hydrogen-bond acceptors (Lipinski definition) is 3. The monoisotopic (exact) mass is 191 g/mol. The molecular formula is C11H13NO2. The quantitative estimate of drug-likeness (QED) is 0.687. The predicted octanol–water partition coefficient (Wildman–Crippen LogP) is 2.12. The van der Waals surface area contributed by atoms with Gasteiger partial charge >= 0.3 is 0 Å². The van der Waals surface area contributed by atoms with Crippen molar-refractivity contribution in [1.82, 2.24) is 4.98 Å². The smallest absolute Gasteiger partial charge is 0.166 e. The van der Waals surface area contributed by atoms with E-state index < -0.39 is 0 Å². The molecule has 1 heterocycles. The van der Waals surface area contributed by atoms with Crippen LogP contribution in [0.25, 0.3) is 0 Å². The number of carbonyl (C=O) groups is 2. The van der Waals surface area contributed by atoms with Gasteiger partial charge in [0.2, 0.25) is 0 Å². The normalized spacial score (nSPS) is 10.3. The van der Waals surface area contributed by atoms with E-state index in [-0.39, 0.29) is 17.5 Å². The Hall–Kier alpha value is -1.51. The number of pyridine rings is 1. The zero-order chi connectivity index (χ0) is 10.7. The van der Waals surface area contributed by atoms with E-state index in [1.54, 1.807) is 6.07 Å². The number of Topliss-reactive ketones (excluding diaryl/α,β-unsaturated/α-hetero) is 2. The van der Waals surface area contributed by atoms with Crippen molar-refractivity contribution in [3.05, 3.63) is 29.6 Å². The SMILES string of the molecule is CC(=O)c1cncc(C(=O)C(C)C)c1. The van der Waals surface area contributed by atoms with Gasteiger partial charge < -0.3 is 0 Å². The molecule has 0 saturated heterocycles. The fourth-order valence-electron chi connectivity index (χ4n) is 1.10. The average Bonchev–Trinajstić information content (AvgIpc) is 2.16. The second-order valence-electron chi connectivity index (χ2n) is 3.54. The first-order valence-electron chi connectivity index (χ1n) is 4.52. The van der Waals surface area contributed by atoms with E-state index in [1.807, 2.05) is 13.8 Å². The van der Waals surface area contributed by atoms with Crippen molar-refractivity contribution in [3.63, 3.8) is 0 Å². The molecule has 0 fully saturated rings. The lowest BCUT2D eigenvalue weighted by atomic mass is 10.0. The van der Waals surface area contributed by atoms with Crippen LogP contribution in [0.3, 0.4) is 0 Å². The molecule has 0 amide bonds. The number of hydrogen-bond donors (Lipinski definition) is 0. The van der Waals surface area contributed by atoms with Crippen LogP contribution < -0.4 is 0 Å². The van der Waals surface area contributed by atoms with Crippen LogP contribution in [-0.2, 0) is 0 Å². The number of ketones is 2. The minimum absolute atomic E-state index is 0.0144. The van der Waals surface area contributed by atoms with Crippen LogP contribution in [0.4, 0.5) is 0 Å². The van der Waals surface area contributed by atoms with Crippen molar-refractivity contribution in [2.24, 2.45) is 5.92 Å². The first-order valence-corrected chi connectivity index (χ1v) is 4.52. The van der Waals surface area contributed by atoms with Crippen molar-refractivity contribution in [3.8, 4) is 0 Å². The maximum Gasteiger partial charge on any atom is 0.166 e. The van der Waals surface area contributed by atoms with E-state index in [9.17, 15) is 9.59 Å². The molecule has 0 aliphatic carbocycles. The first-order chi connectivity index (χ1) is 6.52. The third-order valence-electron chi connectivity index (χ3n) is 1.95. The molecule has 0 N–H and O–H groups in total. The molecule has 0 aromatic carbocycles. The predicted molar refractivity (Wildman–Crippen MR) is 53.4 cm³/mol. The van der Waals surface area contributed by atoms with Gasteiger partial charge in [0.15, 0.2) is 11.6 Å². The summed E-state index contributed by atoms with van der Waals surface area (Å²) in [5.41, 5.74) is 0.990. The van der Waals surface area contributed by atoms with Gasteiger partial charge in [0.25, 0.3) is 0 Å². The van der Waals surface area contributed by atoms with Crippen LogP contribution in [0, 0.1) is 5.92 Å². The van der Waals surface area contributed by atoms with E-state index in [0.717, 1.165) is 0 Å². The van der Waals surface area contributed by atoms with Gasteiger partial charge in [-0.1, -0.05) is 13.8 Å². The van der Waals surface area contributed by atoms with Gasteiger partial charge in [0.05, 0.1) is 0 Å². The summed E-state index contributed by atoms with van der Waals surface area (Å²) in [6.07, 6.45) is 2.97.